The van der Waals surface area contributed by atoms with Gasteiger partial charge in [0.1, 0.15) is 6.10 Å². The number of hydrogen-bond acceptors (Lipinski definition) is 2. The van der Waals surface area contributed by atoms with Crippen molar-refractivity contribution in [1.29, 1.82) is 0 Å². The van der Waals surface area contributed by atoms with Gasteiger partial charge < -0.3 is 4.74 Å². The molecule has 0 aromatic heterocycles. The van der Waals surface area contributed by atoms with Gasteiger partial charge in [0.15, 0.2) is 0 Å². The molecular formula is C17H30O2. The maximum atomic E-state index is 11.9. The minimum atomic E-state index is 0.0303. The lowest BCUT2D eigenvalue weighted by molar-refractivity contribution is -0.156. The molecule has 2 rings (SSSR count). The molecule has 0 aliphatic heterocycles. The van der Waals surface area contributed by atoms with Crippen molar-refractivity contribution < 1.29 is 9.53 Å². The highest BCUT2D eigenvalue weighted by atomic mass is 16.5. The third kappa shape index (κ3) is 4.50. The van der Waals surface area contributed by atoms with E-state index in [-0.39, 0.29) is 12.1 Å². The van der Waals surface area contributed by atoms with Gasteiger partial charge in [-0.2, -0.15) is 0 Å². The quantitative estimate of drug-likeness (QED) is 0.688. The van der Waals surface area contributed by atoms with E-state index < -0.39 is 0 Å². The molecule has 2 aliphatic rings. The summed E-state index contributed by atoms with van der Waals surface area (Å²) in [5.41, 5.74) is 0. The Kier molecular flexibility index (Phi) is 5.72. The minimum Gasteiger partial charge on any atom is -0.462 e. The zero-order chi connectivity index (χ0) is 13.7. The van der Waals surface area contributed by atoms with Crippen LogP contribution in [0.4, 0.5) is 0 Å². The number of hydrogen-bond donors (Lipinski definition) is 0. The molecule has 2 fully saturated rings. The minimum absolute atomic E-state index is 0.0303. The summed E-state index contributed by atoms with van der Waals surface area (Å²) in [6.45, 7) is 4.17. The summed E-state index contributed by atoms with van der Waals surface area (Å²) in [6.07, 6.45) is 12.7. The van der Waals surface area contributed by atoms with E-state index in [1.807, 2.05) is 0 Å². The molecule has 0 saturated heterocycles. The van der Waals surface area contributed by atoms with Gasteiger partial charge in [-0.15, -0.1) is 0 Å². The Hall–Kier alpha value is -0.530. The molecule has 0 N–H and O–H groups in total. The van der Waals surface area contributed by atoms with Crippen molar-refractivity contribution in [3.8, 4) is 0 Å². The molecule has 0 amide bonds. The predicted molar refractivity (Wildman–Crippen MR) is 77.9 cm³/mol. The van der Waals surface area contributed by atoms with Crippen LogP contribution in [-0.4, -0.2) is 12.1 Å². The fourth-order valence-corrected chi connectivity index (χ4v) is 3.92. The normalized spacial score (nSPS) is 29.4. The molecule has 0 aromatic rings. The van der Waals surface area contributed by atoms with Crippen molar-refractivity contribution in [2.24, 2.45) is 17.8 Å². The third-order valence-electron chi connectivity index (χ3n) is 4.87. The van der Waals surface area contributed by atoms with Crippen molar-refractivity contribution >= 4 is 5.97 Å². The second-order valence-electron chi connectivity index (χ2n) is 6.97. The van der Waals surface area contributed by atoms with E-state index in [1.165, 1.54) is 51.4 Å². The molecule has 0 spiro atoms. The van der Waals surface area contributed by atoms with E-state index in [4.69, 9.17) is 4.74 Å². The number of rotatable bonds is 4. The van der Waals surface area contributed by atoms with Crippen molar-refractivity contribution in [3.05, 3.63) is 0 Å². The molecule has 2 saturated carbocycles. The highest BCUT2D eigenvalue weighted by molar-refractivity contribution is 5.69. The van der Waals surface area contributed by atoms with Crippen molar-refractivity contribution in [1.82, 2.24) is 0 Å². The van der Waals surface area contributed by atoms with E-state index in [0.29, 0.717) is 18.3 Å². The van der Waals surface area contributed by atoms with Crippen LogP contribution in [0, 0.1) is 17.8 Å². The van der Waals surface area contributed by atoms with Gasteiger partial charge in [0.25, 0.3) is 0 Å². The van der Waals surface area contributed by atoms with Gasteiger partial charge in [0, 0.05) is 6.42 Å². The largest absolute Gasteiger partial charge is 0.462 e. The van der Waals surface area contributed by atoms with E-state index in [1.54, 1.807) is 0 Å². The Morgan fingerprint density at radius 1 is 1.00 bits per heavy atom. The summed E-state index contributed by atoms with van der Waals surface area (Å²) >= 11 is 0. The summed E-state index contributed by atoms with van der Waals surface area (Å²) in [6, 6.07) is 0. The van der Waals surface area contributed by atoms with Crippen LogP contribution in [0.2, 0.25) is 0 Å². The standard InChI is InChI=1S/C17H30O2/c1-13(2)12-17(18)19-16-11-7-6-10-15(16)14-8-4-3-5-9-14/h13-16H,3-12H2,1-2H3. The summed E-state index contributed by atoms with van der Waals surface area (Å²) < 4.78 is 5.83. The maximum absolute atomic E-state index is 11.9. The Bertz CT molecular complexity index is 279. The highest BCUT2D eigenvalue weighted by Gasteiger charge is 2.34. The maximum Gasteiger partial charge on any atom is 0.306 e. The van der Waals surface area contributed by atoms with Crippen molar-refractivity contribution in [2.45, 2.75) is 84.2 Å². The van der Waals surface area contributed by atoms with Crippen LogP contribution in [0.3, 0.4) is 0 Å². The SMILES string of the molecule is CC(C)CC(=O)OC1CCCCC1C1CCCCC1. The van der Waals surface area contributed by atoms with Crippen molar-refractivity contribution in [3.63, 3.8) is 0 Å². The van der Waals surface area contributed by atoms with E-state index >= 15 is 0 Å². The highest BCUT2D eigenvalue weighted by Crippen LogP contribution is 2.39. The first-order chi connectivity index (χ1) is 9.16. The molecule has 2 aliphatic carbocycles. The van der Waals surface area contributed by atoms with Crippen molar-refractivity contribution in [2.75, 3.05) is 0 Å². The smallest absolute Gasteiger partial charge is 0.306 e. The Balaban J connectivity index is 1.89. The number of carbonyl (C=O) groups excluding carboxylic acids is 1. The molecule has 110 valence electrons. The lowest BCUT2D eigenvalue weighted by Gasteiger charge is -2.38. The molecule has 2 unspecified atom stereocenters. The molecule has 2 nitrogen and oxygen atoms in total. The van der Waals surface area contributed by atoms with Crippen LogP contribution in [0.1, 0.15) is 78.1 Å². The average molecular weight is 266 g/mol. The van der Waals surface area contributed by atoms with Gasteiger partial charge in [-0.05, 0) is 37.0 Å². The van der Waals surface area contributed by atoms with Crippen LogP contribution in [-0.2, 0) is 9.53 Å². The van der Waals surface area contributed by atoms with Gasteiger partial charge in [0.05, 0.1) is 0 Å². The molecular weight excluding hydrogens is 236 g/mol. The summed E-state index contributed by atoms with van der Waals surface area (Å²) in [5, 5.41) is 0. The van der Waals surface area contributed by atoms with Crippen LogP contribution in [0.25, 0.3) is 0 Å². The zero-order valence-electron chi connectivity index (χ0n) is 12.7. The van der Waals surface area contributed by atoms with Crippen LogP contribution in [0.15, 0.2) is 0 Å². The van der Waals surface area contributed by atoms with Crippen LogP contribution < -0.4 is 0 Å². The molecule has 0 aromatic carbocycles. The first-order valence-corrected chi connectivity index (χ1v) is 8.36. The molecule has 2 atom stereocenters. The summed E-state index contributed by atoms with van der Waals surface area (Å²) in [5.74, 6) is 1.92. The van der Waals surface area contributed by atoms with Gasteiger partial charge in [-0.1, -0.05) is 52.4 Å². The van der Waals surface area contributed by atoms with E-state index in [2.05, 4.69) is 13.8 Å². The third-order valence-corrected chi connectivity index (χ3v) is 4.87. The second-order valence-corrected chi connectivity index (χ2v) is 6.97. The number of esters is 1. The Morgan fingerprint density at radius 2 is 1.63 bits per heavy atom. The van der Waals surface area contributed by atoms with Gasteiger partial charge in [-0.3, -0.25) is 4.79 Å². The monoisotopic (exact) mass is 266 g/mol. The van der Waals surface area contributed by atoms with Crippen LogP contribution in [0.5, 0.6) is 0 Å². The first kappa shape index (κ1) is 14.9. The Morgan fingerprint density at radius 3 is 2.32 bits per heavy atom. The topological polar surface area (TPSA) is 26.3 Å². The zero-order valence-corrected chi connectivity index (χ0v) is 12.7. The fourth-order valence-electron chi connectivity index (χ4n) is 3.92. The fraction of sp³-hybridized carbons (Fsp3) is 0.941. The lowest BCUT2D eigenvalue weighted by Crippen LogP contribution is -2.36. The predicted octanol–water partition coefficient (Wildman–Crippen LogP) is 4.71. The summed E-state index contributed by atoms with van der Waals surface area (Å²) in [7, 11) is 0. The molecule has 2 heteroatoms. The molecule has 0 heterocycles. The second kappa shape index (κ2) is 7.31. The van der Waals surface area contributed by atoms with Gasteiger partial charge in [0.2, 0.25) is 0 Å². The van der Waals surface area contributed by atoms with E-state index in [9.17, 15) is 4.79 Å². The summed E-state index contributed by atoms with van der Waals surface area (Å²) in [4.78, 5) is 11.9. The number of ether oxygens (including phenoxy) is 1. The first-order valence-electron chi connectivity index (χ1n) is 8.36. The van der Waals surface area contributed by atoms with E-state index in [0.717, 1.165) is 12.3 Å². The van der Waals surface area contributed by atoms with Gasteiger partial charge in [-0.25, -0.2) is 0 Å². The van der Waals surface area contributed by atoms with Crippen LogP contribution >= 0.6 is 0 Å². The molecule has 0 bridgehead atoms. The molecule has 0 radical (unpaired) electrons. The Labute approximate surface area is 118 Å². The van der Waals surface area contributed by atoms with Gasteiger partial charge >= 0.3 is 5.97 Å². The molecule has 19 heavy (non-hydrogen) atoms. The average Bonchev–Trinajstić information content (AvgIpc) is 2.39. The lowest BCUT2D eigenvalue weighted by atomic mass is 9.72. The number of carbonyl (C=O) groups is 1.